The SMILES string of the molecule is Cc1cc(C)cc(OCc2nnc(SCC(=O)N(C)Cc3ccccc3F)n2N)c1. The van der Waals surface area contributed by atoms with Crippen molar-refractivity contribution in [1.82, 2.24) is 19.8 Å². The molecule has 0 saturated heterocycles. The van der Waals surface area contributed by atoms with E-state index < -0.39 is 0 Å². The highest BCUT2D eigenvalue weighted by Crippen LogP contribution is 2.19. The summed E-state index contributed by atoms with van der Waals surface area (Å²) in [5, 5.41) is 8.48. The molecule has 30 heavy (non-hydrogen) atoms. The molecule has 158 valence electrons. The molecule has 0 aliphatic heterocycles. The molecule has 0 atom stereocenters. The van der Waals surface area contributed by atoms with Gasteiger partial charge in [-0.05, 0) is 43.2 Å². The van der Waals surface area contributed by atoms with Crippen molar-refractivity contribution >= 4 is 17.7 Å². The predicted molar refractivity (Wildman–Crippen MR) is 114 cm³/mol. The molecule has 1 heterocycles. The maximum atomic E-state index is 13.8. The Kier molecular flexibility index (Phi) is 6.94. The van der Waals surface area contributed by atoms with Crippen LogP contribution < -0.4 is 10.6 Å². The fraction of sp³-hybridized carbons (Fsp3) is 0.286. The van der Waals surface area contributed by atoms with Gasteiger partial charge in [-0.1, -0.05) is 36.0 Å². The average Bonchev–Trinajstić information content (AvgIpc) is 3.05. The van der Waals surface area contributed by atoms with Gasteiger partial charge >= 0.3 is 0 Å². The topological polar surface area (TPSA) is 86.3 Å². The molecule has 3 rings (SSSR count). The number of nitrogen functional groups attached to an aromatic ring is 1. The minimum absolute atomic E-state index is 0.109. The lowest BCUT2D eigenvalue weighted by Crippen LogP contribution is -2.28. The first-order valence-corrected chi connectivity index (χ1v) is 10.3. The number of benzene rings is 2. The molecule has 3 aromatic rings. The summed E-state index contributed by atoms with van der Waals surface area (Å²) < 4.78 is 20.8. The zero-order chi connectivity index (χ0) is 21.7. The smallest absolute Gasteiger partial charge is 0.233 e. The van der Waals surface area contributed by atoms with Gasteiger partial charge in [0.1, 0.15) is 18.2 Å². The quantitative estimate of drug-likeness (QED) is 0.437. The van der Waals surface area contributed by atoms with E-state index in [4.69, 9.17) is 10.6 Å². The van der Waals surface area contributed by atoms with Crippen LogP contribution in [-0.4, -0.2) is 38.5 Å². The Morgan fingerprint density at radius 2 is 1.90 bits per heavy atom. The molecule has 0 fully saturated rings. The molecule has 2 aromatic carbocycles. The van der Waals surface area contributed by atoms with Gasteiger partial charge in [0, 0.05) is 19.2 Å². The molecule has 0 radical (unpaired) electrons. The van der Waals surface area contributed by atoms with Crippen molar-refractivity contribution in [3.05, 3.63) is 70.8 Å². The van der Waals surface area contributed by atoms with Crippen molar-refractivity contribution < 1.29 is 13.9 Å². The Labute approximate surface area is 179 Å². The van der Waals surface area contributed by atoms with Gasteiger partial charge in [0.15, 0.2) is 5.82 Å². The third-order valence-electron chi connectivity index (χ3n) is 4.41. The zero-order valence-corrected chi connectivity index (χ0v) is 17.9. The number of hydrogen-bond acceptors (Lipinski definition) is 6. The van der Waals surface area contributed by atoms with E-state index in [1.165, 1.54) is 27.4 Å². The van der Waals surface area contributed by atoms with Crippen LogP contribution in [0.15, 0.2) is 47.6 Å². The maximum absolute atomic E-state index is 13.8. The molecule has 7 nitrogen and oxygen atoms in total. The summed E-state index contributed by atoms with van der Waals surface area (Å²) in [4.78, 5) is 13.8. The van der Waals surface area contributed by atoms with E-state index in [0.29, 0.717) is 16.5 Å². The fourth-order valence-electron chi connectivity index (χ4n) is 2.87. The Bertz CT molecular complexity index is 1020. The van der Waals surface area contributed by atoms with Crippen LogP contribution in [0, 0.1) is 19.7 Å². The minimum atomic E-state index is -0.333. The number of thioether (sulfide) groups is 1. The lowest BCUT2D eigenvalue weighted by atomic mass is 10.1. The standard InChI is InChI=1S/C21H24FN5O2S/c1-14-8-15(2)10-17(9-14)29-12-19-24-25-21(27(19)23)30-13-20(28)26(3)11-16-6-4-5-7-18(16)22/h4-10H,11-13,23H2,1-3H3. The minimum Gasteiger partial charge on any atom is -0.486 e. The summed E-state index contributed by atoms with van der Waals surface area (Å²) in [5.74, 6) is 6.84. The van der Waals surface area contributed by atoms with Gasteiger partial charge < -0.3 is 15.5 Å². The second-order valence-electron chi connectivity index (χ2n) is 7.01. The van der Waals surface area contributed by atoms with E-state index in [-0.39, 0.29) is 30.6 Å². The number of carbonyl (C=O) groups is 1. The highest BCUT2D eigenvalue weighted by atomic mass is 32.2. The fourth-order valence-corrected chi connectivity index (χ4v) is 3.69. The molecule has 0 aliphatic carbocycles. The molecule has 2 N–H and O–H groups in total. The monoisotopic (exact) mass is 429 g/mol. The second kappa shape index (κ2) is 9.62. The van der Waals surface area contributed by atoms with Crippen molar-refractivity contribution in [3.8, 4) is 5.75 Å². The Morgan fingerprint density at radius 1 is 1.20 bits per heavy atom. The molecule has 0 unspecified atom stereocenters. The molecule has 1 aromatic heterocycles. The summed E-state index contributed by atoms with van der Waals surface area (Å²) in [6.45, 7) is 4.35. The van der Waals surface area contributed by atoms with Gasteiger partial charge in [-0.3, -0.25) is 4.79 Å². The summed E-state index contributed by atoms with van der Waals surface area (Å²) in [6.07, 6.45) is 0. The van der Waals surface area contributed by atoms with Crippen molar-refractivity contribution in [2.24, 2.45) is 0 Å². The number of hydrogen-bond donors (Lipinski definition) is 1. The van der Waals surface area contributed by atoms with E-state index in [1.54, 1.807) is 25.2 Å². The van der Waals surface area contributed by atoms with E-state index in [1.807, 2.05) is 26.0 Å². The van der Waals surface area contributed by atoms with E-state index in [2.05, 4.69) is 16.3 Å². The van der Waals surface area contributed by atoms with Crippen LogP contribution in [0.25, 0.3) is 0 Å². The molecule has 0 saturated carbocycles. The van der Waals surface area contributed by atoms with Crippen LogP contribution in [0.2, 0.25) is 0 Å². The highest BCUT2D eigenvalue weighted by Gasteiger charge is 2.16. The highest BCUT2D eigenvalue weighted by molar-refractivity contribution is 7.99. The number of amides is 1. The Morgan fingerprint density at radius 3 is 2.60 bits per heavy atom. The van der Waals surface area contributed by atoms with Gasteiger partial charge in [-0.15, -0.1) is 10.2 Å². The van der Waals surface area contributed by atoms with Gasteiger partial charge in [-0.2, -0.15) is 0 Å². The lowest BCUT2D eigenvalue weighted by molar-refractivity contribution is -0.127. The van der Waals surface area contributed by atoms with Crippen LogP contribution in [0.5, 0.6) is 5.75 Å². The van der Waals surface area contributed by atoms with Gasteiger partial charge in [0.25, 0.3) is 0 Å². The lowest BCUT2D eigenvalue weighted by Gasteiger charge is -2.17. The first kappa shape index (κ1) is 21.6. The van der Waals surface area contributed by atoms with E-state index >= 15 is 0 Å². The molecule has 0 spiro atoms. The van der Waals surface area contributed by atoms with Crippen LogP contribution in [0.3, 0.4) is 0 Å². The summed E-state index contributed by atoms with van der Waals surface area (Å²) in [7, 11) is 1.63. The largest absolute Gasteiger partial charge is 0.486 e. The van der Waals surface area contributed by atoms with Gasteiger partial charge in [0.05, 0.1) is 5.75 Å². The van der Waals surface area contributed by atoms with Crippen LogP contribution in [0.4, 0.5) is 4.39 Å². The third-order valence-corrected chi connectivity index (χ3v) is 5.34. The molecule has 1 amide bonds. The zero-order valence-electron chi connectivity index (χ0n) is 17.1. The molecular formula is C21H24FN5O2S. The number of rotatable bonds is 8. The normalized spacial score (nSPS) is 10.8. The molecular weight excluding hydrogens is 405 g/mol. The summed E-state index contributed by atoms with van der Waals surface area (Å²) in [6, 6.07) is 12.3. The Hall–Kier alpha value is -3.07. The van der Waals surface area contributed by atoms with Crippen LogP contribution in [0.1, 0.15) is 22.5 Å². The van der Waals surface area contributed by atoms with E-state index in [9.17, 15) is 9.18 Å². The summed E-state index contributed by atoms with van der Waals surface area (Å²) in [5.41, 5.74) is 2.67. The van der Waals surface area contributed by atoms with Crippen molar-refractivity contribution in [2.45, 2.75) is 32.2 Å². The number of aryl methyl sites for hydroxylation is 2. The number of halogens is 1. The Balaban J connectivity index is 1.54. The number of aromatic nitrogens is 3. The van der Waals surface area contributed by atoms with Gasteiger partial charge in [-0.25, -0.2) is 9.07 Å². The van der Waals surface area contributed by atoms with Gasteiger partial charge in [0.2, 0.25) is 11.1 Å². The summed E-state index contributed by atoms with van der Waals surface area (Å²) >= 11 is 1.17. The number of ether oxygens (including phenoxy) is 1. The number of nitrogens with two attached hydrogens (primary N) is 1. The third kappa shape index (κ3) is 5.50. The molecule has 0 aliphatic rings. The van der Waals surface area contributed by atoms with Crippen molar-refractivity contribution in [2.75, 3.05) is 18.6 Å². The molecule has 0 bridgehead atoms. The number of carbonyl (C=O) groups excluding carboxylic acids is 1. The van der Waals surface area contributed by atoms with Crippen LogP contribution in [-0.2, 0) is 17.9 Å². The average molecular weight is 430 g/mol. The first-order valence-electron chi connectivity index (χ1n) is 9.34. The second-order valence-corrected chi connectivity index (χ2v) is 7.95. The molecule has 9 heteroatoms. The van der Waals surface area contributed by atoms with Crippen molar-refractivity contribution in [3.63, 3.8) is 0 Å². The predicted octanol–water partition coefficient (Wildman–Crippen LogP) is 3.08. The van der Waals surface area contributed by atoms with Crippen LogP contribution >= 0.6 is 11.8 Å². The first-order chi connectivity index (χ1) is 14.3. The maximum Gasteiger partial charge on any atom is 0.233 e. The van der Waals surface area contributed by atoms with Crippen molar-refractivity contribution in [1.29, 1.82) is 0 Å². The number of nitrogens with zero attached hydrogens (tertiary/aromatic N) is 4. The van der Waals surface area contributed by atoms with E-state index in [0.717, 1.165) is 16.9 Å².